The molecular formula is C48H86O4. The van der Waals surface area contributed by atoms with Gasteiger partial charge in [0.15, 0.2) is 0 Å². The first kappa shape index (κ1) is 50.1. The molecule has 0 radical (unpaired) electrons. The molecule has 1 atom stereocenters. The maximum absolute atomic E-state index is 12.2. The van der Waals surface area contributed by atoms with Crippen LogP contribution >= 0.6 is 0 Å². The summed E-state index contributed by atoms with van der Waals surface area (Å²) in [6.07, 6.45) is 60.0. The molecule has 0 aromatic heterocycles. The minimum absolute atomic E-state index is 0.179. The highest BCUT2D eigenvalue weighted by Crippen LogP contribution is 2.13. The SMILES string of the molecule is CCCC/C=C\C/C=C\CCCCCCCCOCC(CO)OC(=O)CCCCCCCCCCCC/C=C\C/C=C\C/C=C\CCCCCCC. The fourth-order valence-corrected chi connectivity index (χ4v) is 6.17. The molecule has 0 amide bonds. The van der Waals surface area contributed by atoms with Crippen LogP contribution in [0.1, 0.15) is 213 Å². The van der Waals surface area contributed by atoms with Gasteiger partial charge in [-0.1, -0.05) is 190 Å². The lowest BCUT2D eigenvalue weighted by Crippen LogP contribution is -2.27. The number of ether oxygens (including phenoxy) is 2. The number of carbonyl (C=O) groups is 1. The van der Waals surface area contributed by atoms with E-state index >= 15 is 0 Å². The summed E-state index contributed by atoms with van der Waals surface area (Å²) in [5.74, 6) is -0.209. The van der Waals surface area contributed by atoms with E-state index in [1.807, 2.05) is 0 Å². The predicted octanol–water partition coefficient (Wildman–Crippen LogP) is 14.8. The highest BCUT2D eigenvalue weighted by molar-refractivity contribution is 5.69. The minimum Gasteiger partial charge on any atom is -0.457 e. The third kappa shape index (κ3) is 42.5. The average molecular weight is 727 g/mol. The average Bonchev–Trinajstić information content (AvgIpc) is 3.15. The maximum Gasteiger partial charge on any atom is 0.306 e. The topological polar surface area (TPSA) is 55.8 Å². The van der Waals surface area contributed by atoms with Crippen LogP contribution in [-0.4, -0.2) is 37.0 Å². The van der Waals surface area contributed by atoms with Gasteiger partial charge in [0.1, 0.15) is 6.10 Å². The number of hydrogen-bond donors (Lipinski definition) is 1. The molecule has 0 heterocycles. The van der Waals surface area contributed by atoms with E-state index < -0.39 is 6.10 Å². The van der Waals surface area contributed by atoms with E-state index in [-0.39, 0.29) is 19.2 Å². The number of rotatable bonds is 41. The van der Waals surface area contributed by atoms with Crippen molar-refractivity contribution in [2.24, 2.45) is 0 Å². The second kappa shape index (κ2) is 45.2. The minimum atomic E-state index is -0.544. The Balaban J connectivity index is 3.46. The lowest BCUT2D eigenvalue weighted by molar-refractivity contribution is -0.154. The maximum atomic E-state index is 12.2. The highest BCUT2D eigenvalue weighted by atomic mass is 16.6. The summed E-state index contributed by atoms with van der Waals surface area (Å²) in [7, 11) is 0. The van der Waals surface area contributed by atoms with Crippen LogP contribution in [0.2, 0.25) is 0 Å². The van der Waals surface area contributed by atoms with Crippen molar-refractivity contribution in [1.82, 2.24) is 0 Å². The number of aliphatic hydroxyl groups excluding tert-OH is 1. The van der Waals surface area contributed by atoms with Crippen molar-refractivity contribution in [3.8, 4) is 0 Å². The van der Waals surface area contributed by atoms with Crippen LogP contribution in [0.5, 0.6) is 0 Å². The Morgan fingerprint density at radius 1 is 0.462 bits per heavy atom. The molecule has 0 aromatic rings. The van der Waals surface area contributed by atoms with Crippen LogP contribution in [0.4, 0.5) is 0 Å². The smallest absolute Gasteiger partial charge is 0.306 e. The Hall–Kier alpha value is -1.91. The molecule has 0 saturated heterocycles. The van der Waals surface area contributed by atoms with Crippen molar-refractivity contribution in [3.63, 3.8) is 0 Å². The standard InChI is InChI=1S/C48H86O4/c1-3-5-7-9-11-13-15-17-19-20-21-22-23-24-25-26-27-28-29-31-33-35-37-39-41-43-48(50)52-47(45-49)46-51-44-42-40-38-36-34-32-30-18-16-14-12-10-8-6-4-2/h10,12,15-18,20-21,23-24,47,49H,3-9,11,13-14,19,22,25-46H2,1-2H3/b12-10-,17-15-,18-16-,21-20-,24-23-. The van der Waals surface area contributed by atoms with Crippen molar-refractivity contribution < 1.29 is 19.4 Å². The Morgan fingerprint density at radius 2 is 0.827 bits per heavy atom. The van der Waals surface area contributed by atoms with Gasteiger partial charge >= 0.3 is 5.97 Å². The summed E-state index contributed by atoms with van der Waals surface area (Å²) in [4.78, 5) is 12.2. The lowest BCUT2D eigenvalue weighted by atomic mass is 10.0. The number of allylic oxidation sites excluding steroid dienone is 10. The second-order valence-electron chi connectivity index (χ2n) is 14.8. The Kier molecular flexibility index (Phi) is 43.6. The summed E-state index contributed by atoms with van der Waals surface area (Å²) in [6, 6.07) is 0. The fraction of sp³-hybridized carbons (Fsp3) is 0.771. The molecule has 0 saturated carbocycles. The summed E-state index contributed by atoms with van der Waals surface area (Å²) < 4.78 is 11.2. The Morgan fingerprint density at radius 3 is 1.27 bits per heavy atom. The number of carbonyl (C=O) groups excluding carboxylic acids is 1. The Bertz CT molecular complexity index is 854. The summed E-state index contributed by atoms with van der Waals surface area (Å²) in [6.45, 7) is 5.28. The summed E-state index contributed by atoms with van der Waals surface area (Å²) in [5.41, 5.74) is 0. The molecule has 0 aliphatic heterocycles. The van der Waals surface area contributed by atoms with Crippen LogP contribution in [0.25, 0.3) is 0 Å². The molecule has 0 aliphatic carbocycles. The molecule has 1 unspecified atom stereocenters. The summed E-state index contributed by atoms with van der Waals surface area (Å²) in [5, 5.41) is 9.60. The molecule has 1 N–H and O–H groups in total. The lowest BCUT2D eigenvalue weighted by Gasteiger charge is -2.15. The van der Waals surface area contributed by atoms with Gasteiger partial charge in [0.05, 0.1) is 13.2 Å². The highest BCUT2D eigenvalue weighted by Gasteiger charge is 2.13. The molecule has 0 aromatic carbocycles. The molecule has 0 bridgehead atoms. The van der Waals surface area contributed by atoms with Gasteiger partial charge in [0.2, 0.25) is 0 Å². The van der Waals surface area contributed by atoms with E-state index in [2.05, 4.69) is 74.6 Å². The van der Waals surface area contributed by atoms with Gasteiger partial charge in [-0.3, -0.25) is 4.79 Å². The first-order valence-electron chi connectivity index (χ1n) is 22.4. The largest absolute Gasteiger partial charge is 0.457 e. The predicted molar refractivity (Wildman–Crippen MR) is 228 cm³/mol. The van der Waals surface area contributed by atoms with Gasteiger partial charge in [-0.05, 0) is 77.0 Å². The molecule has 52 heavy (non-hydrogen) atoms. The van der Waals surface area contributed by atoms with Crippen molar-refractivity contribution in [3.05, 3.63) is 60.8 Å². The molecule has 4 nitrogen and oxygen atoms in total. The number of hydrogen-bond acceptors (Lipinski definition) is 4. The van der Waals surface area contributed by atoms with Crippen molar-refractivity contribution in [2.45, 2.75) is 219 Å². The molecule has 4 heteroatoms. The molecular weight excluding hydrogens is 641 g/mol. The van der Waals surface area contributed by atoms with Gasteiger partial charge in [0, 0.05) is 13.0 Å². The normalized spacial score (nSPS) is 12.9. The van der Waals surface area contributed by atoms with Gasteiger partial charge in [0.25, 0.3) is 0 Å². The number of unbranched alkanes of at least 4 members (excludes halogenated alkanes) is 23. The van der Waals surface area contributed by atoms with E-state index in [0.717, 1.165) is 44.9 Å². The molecule has 0 rings (SSSR count). The first-order valence-corrected chi connectivity index (χ1v) is 22.4. The van der Waals surface area contributed by atoms with E-state index in [1.54, 1.807) is 0 Å². The van der Waals surface area contributed by atoms with Crippen molar-refractivity contribution >= 4 is 5.97 Å². The van der Waals surface area contributed by atoms with Gasteiger partial charge in [-0.2, -0.15) is 0 Å². The van der Waals surface area contributed by atoms with Crippen molar-refractivity contribution in [2.75, 3.05) is 19.8 Å². The molecule has 0 spiro atoms. The van der Waals surface area contributed by atoms with E-state index in [4.69, 9.17) is 9.47 Å². The van der Waals surface area contributed by atoms with Crippen LogP contribution in [0.3, 0.4) is 0 Å². The van der Waals surface area contributed by atoms with E-state index in [1.165, 1.54) is 148 Å². The quantitative estimate of drug-likeness (QED) is 0.0387. The van der Waals surface area contributed by atoms with Crippen LogP contribution < -0.4 is 0 Å². The zero-order valence-corrected chi connectivity index (χ0v) is 34.6. The van der Waals surface area contributed by atoms with Crippen LogP contribution in [0, 0.1) is 0 Å². The number of aliphatic hydroxyl groups is 1. The van der Waals surface area contributed by atoms with Gasteiger partial charge in [-0.15, -0.1) is 0 Å². The van der Waals surface area contributed by atoms with Gasteiger partial charge < -0.3 is 14.6 Å². The van der Waals surface area contributed by atoms with E-state index in [9.17, 15) is 9.90 Å². The summed E-state index contributed by atoms with van der Waals surface area (Å²) >= 11 is 0. The molecule has 0 aliphatic rings. The van der Waals surface area contributed by atoms with Crippen LogP contribution in [-0.2, 0) is 14.3 Å². The monoisotopic (exact) mass is 727 g/mol. The van der Waals surface area contributed by atoms with Crippen molar-refractivity contribution in [1.29, 1.82) is 0 Å². The third-order valence-corrected chi connectivity index (χ3v) is 9.57. The molecule has 0 fully saturated rings. The Labute approximate surface area is 324 Å². The van der Waals surface area contributed by atoms with Crippen LogP contribution in [0.15, 0.2) is 60.8 Å². The second-order valence-corrected chi connectivity index (χ2v) is 14.8. The fourth-order valence-electron chi connectivity index (χ4n) is 6.17. The zero-order chi connectivity index (χ0) is 37.7. The molecule has 302 valence electrons. The van der Waals surface area contributed by atoms with E-state index in [0.29, 0.717) is 13.0 Å². The first-order chi connectivity index (χ1) is 25.7. The number of esters is 1. The van der Waals surface area contributed by atoms with Gasteiger partial charge in [-0.25, -0.2) is 0 Å². The zero-order valence-electron chi connectivity index (χ0n) is 34.6. The third-order valence-electron chi connectivity index (χ3n) is 9.57.